The smallest absolute Gasteiger partial charge is 0.303 e. The van der Waals surface area contributed by atoms with Gasteiger partial charge in [-0.2, -0.15) is 13.2 Å². The molecule has 2 aromatic carbocycles. The SMILES string of the molecule is Cc1cc(C2=NCc3ccc(C(=O)C[C@@H]4CCCN(CCc5ccccc5C(F)(F)F)C4)cc32)ccn1. The van der Waals surface area contributed by atoms with Crippen molar-refractivity contribution in [2.24, 2.45) is 10.9 Å². The number of benzene rings is 2. The fourth-order valence-electron chi connectivity index (χ4n) is 5.49. The first-order chi connectivity index (χ1) is 17.8. The number of aliphatic imine (C=N–C) groups is 1. The van der Waals surface area contributed by atoms with Crippen LogP contribution in [0.3, 0.4) is 0 Å². The minimum atomic E-state index is -4.34. The van der Waals surface area contributed by atoms with Crippen molar-refractivity contribution in [3.63, 3.8) is 0 Å². The van der Waals surface area contributed by atoms with E-state index in [2.05, 4.69) is 9.88 Å². The highest BCUT2D eigenvalue weighted by Crippen LogP contribution is 2.32. The third-order valence-corrected chi connectivity index (χ3v) is 7.36. The zero-order valence-electron chi connectivity index (χ0n) is 20.9. The van der Waals surface area contributed by atoms with Crippen molar-refractivity contribution in [2.45, 2.75) is 45.3 Å². The fraction of sp³-hybridized carbons (Fsp3) is 0.367. The number of pyridine rings is 1. The number of rotatable bonds is 7. The maximum atomic E-state index is 13.3. The maximum absolute atomic E-state index is 13.3. The van der Waals surface area contributed by atoms with Crippen molar-refractivity contribution in [1.82, 2.24) is 9.88 Å². The maximum Gasteiger partial charge on any atom is 0.416 e. The van der Waals surface area contributed by atoms with E-state index in [1.807, 2.05) is 37.3 Å². The van der Waals surface area contributed by atoms with Crippen LogP contribution in [0, 0.1) is 12.8 Å². The minimum absolute atomic E-state index is 0.106. The number of fused-ring (bicyclic) bond motifs is 1. The van der Waals surface area contributed by atoms with Crippen molar-refractivity contribution in [2.75, 3.05) is 19.6 Å². The van der Waals surface area contributed by atoms with E-state index in [0.29, 0.717) is 37.1 Å². The normalized spacial score (nSPS) is 17.9. The molecule has 0 amide bonds. The Labute approximate surface area is 215 Å². The van der Waals surface area contributed by atoms with Crippen LogP contribution in [0.2, 0.25) is 0 Å². The predicted molar refractivity (Wildman–Crippen MR) is 138 cm³/mol. The second-order valence-corrected chi connectivity index (χ2v) is 10.1. The predicted octanol–water partition coefficient (Wildman–Crippen LogP) is 6.29. The molecule has 3 aromatic rings. The van der Waals surface area contributed by atoms with Gasteiger partial charge in [-0.05, 0) is 74.0 Å². The van der Waals surface area contributed by atoms with Gasteiger partial charge >= 0.3 is 6.18 Å². The zero-order chi connectivity index (χ0) is 26.0. The summed E-state index contributed by atoms with van der Waals surface area (Å²) in [5, 5.41) is 0. The van der Waals surface area contributed by atoms with E-state index in [0.717, 1.165) is 60.1 Å². The second-order valence-electron chi connectivity index (χ2n) is 10.1. The number of hydrogen-bond donors (Lipinski definition) is 0. The van der Waals surface area contributed by atoms with Crippen molar-refractivity contribution in [1.29, 1.82) is 0 Å². The van der Waals surface area contributed by atoms with Gasteiger partial charge < -0.3 is 4.90 Å². The topological polar surface area (TPSA) is 45.6 Å². The molecule has 0 unspecified atom stereocenters. The molecule has 0 saturated carbocycles. The molecule has 0 radical (unpaired) electrons. The molecule has 1 saturated heterocycles. The Hall–Kier alpha value is -3.32. The highest BCUT2D eigenvalue weighted by Gasteiger charge is 2.33. The van der Waals surface area contributed by atoms with E-state index in [1.54, 1.807) is 18.3 Å². The van der Waals surface area contributed by atoms with E-state index >= 15 is 0 Å². The zero-order valence-corrected chi connectivity index (χ0v) is 20.9. The summed E-state index contributed by atoms with van der Waals surface area (Å²) >= 11 is 0. The third kappa shape index (κ3) is 5.82. The number of Topliss-reactive ketones (excluding diaryl/α,β-unsaturated/α-hetero) is 1. The van der Waals surface area contributed by atoms with Crippen molar-refractivity contribution < 1.29 is 18.0 Å². The number of likely N-dealkylation sites (tertiary alicyclic amines) is 1. The van der Waals surface area contributed by atoms with E-state index in [9.17, 15) is 18.0 Å². The Morgan fingerprint density at radius 2 is 1.95 bits per heavy atom. The van der Waals surface area contributed by atoms with E-state index in [-0.39, 0.29) is 11.7 Å². The van der Waals surface area contributed by atoms with Gasteiger partial charge in [0.15, 0.2) is 5.78 Å². The number of aryl methyl sites for hydroxylation is 1. The lowest BCUT2D eigenvalue weighted by molar-refractivity contribution is -0.138. The molecule has 0 aliphatic carbocycles. The van der Waals surface area contributed by atoms with Crippen LogP contribution in [0.1, 0.15) is 63.1 Å². The lowest BCUT2D eigenvalue weighted by atomic mass is 9.89. The number of alkyl halides is 3. The Kier molecular flexibility index (Phi) is 7.24. The monoisotopic (exact) mass is 505 g/mol. The summed E-state index contributed by atoms with van der Waals surface area (Å²) in [6.07, 6.45) is 0.116. The van der Waals surface area contributed by atoms with Gasteiger partial charge in [0, 0.05) is 48.1 Å². The van der Waals surface area contributed by atoms with Crippen LogP contribution in [0.25, 0.3) is 0 Å². The van der Waals surface area contributed by atoms with Gasteiger partial charge in [-0.15, -0.1) is 0 Å². The lowest BCUT2D eigenvalue weighted by Crippen LogP contribution is -2.37. The van der Waals surface area contributed by atoms with Gasteiger partial charge in [-0.3, -0.25) is 14.8 Å². The summed E-state index contributed by atoms with van der Waals surface area (Å²) in [5.74, 6) is 0.303. The van der Waals surface area contributed by atoms with Crippen LogP contribution in [0.4, 0.5) is 13.2 Å². The van der Waals surface area contributed by atoms with Gasteiger partial charge in [0.2, 0.25) is 0 Å². The summed E-state index contributed by atoms with van der Waals surface area (Å²) in [5.41, 5.74) is 5.41. The Balaban J connectivity index is 1.22. The van der Waals surface area contributed by atoms with Crippen LogP contribution >= 0.6 is 0 Å². The number of carbonyl (C=O) groups excluding carboxylic acids is 1. The number of ketones is 1. The molecule has 4 nitrogen and oxygen atoms in total. The summed E-state index contributed by atoms with van der Waals surface area (Å²) in [7, 11) is 0. The molecule has 1 aromatic heterocycles. The Morgan fingerprint density at radius 3 is 2.76 bits per heavy atom. The van der Waals surface area contributed by atoms with E-state index in [4.69, 9.17) is 4.99 Å². The molecule has 0 spiro atoms. The molecule has 0 bridgehead atoms. The van der Waals surface area contributed by atoms with Gasteiger partial charge in [0.25, 0.3) is 0 Å². The lowest BCUT2D eigenvalue weighted by Gasteiger charge is -2.32. The highest BCUT2D eigenvalue weighted by molar-refractivity contribution is 6.16. The molecule has 192 valence electrons. The third-order valence-electron chi connectivity index (χ3n) is 7.36. The number of nitrogens with zero attached hydrogens (tertiary/aromatic N) is 3. The van der Waals surface area contributed by atoms with Crippen LogP contribution in [-0.2, 0) is 19.1 Å². The van der Waals surface area contributed by atoms with Crippen LogP contribution in [0.15, 0.2) is 65.8 Å². The summed E-state index contributed by atoms with van der Waals surface area (Å²) in [4.78, 5) is 24.4. The molecule has 5 rings (SSSR count). The Bertz CT molecular complexity index is 1330. The standard InChI is InChI=1S/C30H30F3N3O/c1-20-15-24(10-12-34-20)29-26-17-23(8-9-25(26)18-35-29)28(37)16-21-5-4-13-36(19-21)14-11-22-6-2-3-7-27(22)30(31,32)33/h2-3,6-10,12,15,17,21H,4-5,11,13-14,16,18-19H2,1H3/t21-/m0/s1. The van der Waals surface area contributed by atoms with Crippen LogP contribution in [-0.4, -0.2) is 41.0 Å². The number of carbonyl (C=O) groups is 1. The number of aromatic nitrogens is 1. The molecular weight excluding hydrogens is 475 g/mol. The summed E-state index contributed by atoms with van der Waals surface area (Å²) < 4.78 is 40.0. The molecule has 7 heteroatoms. The largest absolute Gasteiger partial charge is 0.416 e. The first kappa shape index (κ1) is 25.3. The highest BCUT2D eigenvalue weighted by atomic mass is 19.4. The average molecular weight is 506 g/mol. The molecule has 3 heterocycles. The first-order valence-electron chi connectivity index (χ1n) is 12.8. The van der Waals surface area contributed by atoms with Crippen molar-refractivity contribution in [3.05, 3.63) is 99.9 Å². The second kappa shape index (κ2) is 10.6. The van der Waals surface area contributed by atoms with Crippen molar-refractivity contribution in [3.8, 4) is 0 Å². The van der Waals surface area contributed by atoms with Crippen LogP contribution < -0.4 is 0 Å². The number of halogens is 3. The van der Waals surface area contributed by atoms with Gasteiger partial charge in [0.1, 0.15) is 0 Å². The molecule has 2 aliphatic rings. The van der Waals surface area contributed by atoms with Gasteiger partial charge in [-0.1, -0.05) is 30.3 Å². The Morgan fingerprint density at radius 1 is 1.11 bits per heavy atom. The van der Waals surface area contributed by atoms with E-state index < -0.39 is 11.7 Å². The van der Waals surface area contributed by atoms with Crippen molar-refractivity contribution >= 4 is 11.5 Å². The molecule has 37 heavy (non-hydrogen) atoms. The average Bonchev–Trinajstić information content (AvgIpc) is 3.31. The van der Waals surface area contributed by atoms with E-state index in [1.165, 1.54) is 6.07 Å². The molecular formula is C30H30F3N3O. The van der Waals surface area contributed by atoms with Gasteiger partial charge in [-0.25, -0.2) is 0 Å². The first-order valence-corrected chi connectivity index (χ1v) is 12.8. The minimum Gasteiger partial charge on any atom is -0.303 e. The quantitative estimate of drug-likeness (QED) is 0.355. The summed E-state index contributed by atoms with van der Waals surface area (Å²) in [6, 6.07) is 15.6. The van der Waals surface area contributed by atoms with Gasteiger partial charge in [0.05, 0.1) is 17.8 Å². The molecule has 0 N–H and O–H groups in total. The number of hydrogen-bond acceptors (Lipinski definition) is 4. The van der Waals surface area contributed by atoms with Crippen LogP contribution in [0.5, 0.6) is 0 Å². The summed E-state index contributed by atoms with van der Waals surface area (Å²) in [6.45, 7) is 4.69. The molecule has 1 atom stereocenters. The molecule has 1 fully saturated rings. The molecule has 2 aliphatic heterocycles. The number of piperidine rings is 1. The fourth-order valence-corrected chi connectivity index (χ4v) is 5.49.